The Hall–Kier alpha value is -2.07. The van der Waals surface area contributed by atoms with E-state index in [9.17, 15) is 14.3 Å². The molecule has 0 amide bonds. The molecule has 0 saturated heterocycles. The normalized spacial score (nSPS) is 10.3. The van der Waals surface area contributed by atoms with Crippen LogP contribution in [0.1, 0.15) is 10.4 Å². The average Bonchev–Trinajstić information content (AvgIpc) is 2.33. The van der Waals surface area contributed by atoms with Crippen molar-refractivity contribution in [2.45, 2.75) is 0 Å². The number of phenols is 1. The molecule has 0 radical (unpaired) electrons. The van der Waals surface area contributed by atoms with Crippen molar-refractivity contribution < 1.29 is 19.4 Å². The fourth-order valence-corrected chi connectivity index (χ4v) is 1.74. The van der Waals surface area contributed by atoms with Gasteiger partial charge in [-0.15, -0.1) is 0 Å². The average molecular weight is 267 g/mol. The maximum Gasteiger partial charge on any atom is 0.339 e. The van der Waals surface area contributed by atoms with Crippen molar-refractivity contribution in [2.75, 3.05) is 0 Å². The Balaban J connectivity index is 2.54. The van der Waals surface area contributed by atoms with Crippen molar-refractivity contribution in [3.05, 3.63) is 52.8 Å². The van der Waals surface area contributed by atoms with Crippen LogP contribution in [0.4, 0.5) is 4.39 Å². The SMILES string of the molecule is O=C(O)c1cc(-c2ccc(F)c(Cl)c2)ccc1O. The Morgan fingerprint density at radius 1 is 1.11 bits per heavy atom. The van der Waals surface area contributed by atoms with Gasteiger partial charge in [0.2, 0.25) is 0 Å². The van der Waals surface area contributed by atoms with Gasteiger partial charge in [-0.1, -0.05) is 23.7 Å². The van der Waals surface area contributed by atoms with Crippen molar-refractivity contribution in [1.29, 1.82) is 0 Å². The van der Waals surface area contributed by atoms with Crippen LogP contribution in [0, 0.1) is 5.82 Å². The molecule has 0 spiro atoms. The van der Waals surface area contributed by atoms with E-state index in [1.54, 1.807) is 0 Å². The Kier molecular flexibility index (Phi) is 3.21. The summed E-state index contributed by atoms with van der Waals surface area (Å²) >= 11 is 5.66. The van der Waals surface area contributed by atoms with E-state index in [1.165, 1.54) is 36.4 Å². The maximum absolute atomic E-state index is 13.0. The molecule has 0 atom stereocenters. The zero-order valence-corrected chi connectivity index (χ0v) is 9.78. The van der Waals surface area contributed by atoms with Crippen LogP contribution in [0.5, 0.6) is 5.75 Å². The second kappa shape index (κ2) is 4.66. The number of aromatic hydroxyl groups is 1. The van der Waals surface area contributed by atoms with Crippen molar-refractivity contribution in [2.24, 2.45) is 0 Å². The summed E-state index contributed by atoms with van der Waals surface area (Å²) in [4.78, 5) is 10.9. The third-order valence-corrected chi connectivity index (χ3v) is 2.77. The molecule has 2 rings (SSSR count). The highest BCUT2D eigenvalue weighted by molar-refractivity contribution is 6.31. The summed E-state index contributed by atoms with van der Waals surface area (Å²) in [6, 6.07) is 8.20. The molecule has 0 aliphatic heterocycles. The minimum absolute atomic E-state index is 0.0440. The molecule has 0 aliphatic rings. The number of hydrogen-bond acceptors (Lipinski definition) is 2. The minimum Gasteiger partial charge on any atom is -0.507 e. The Bertz CT molecular complexity index is 626. The van der Waals surface area contributed by atoms with Gasteiger partial charge in [-0.05, 0) is 35.4 Å². The lowest BCUT2D eigenvalue weighted by atomic mass is 10.0. The van der Waals surface area contributed by atoms with Crippen LogP contribution in [0.3, 0.4) is 0 Å². The van der Waals surface area contributed by atoms with Crippen molar-refractivity contribution in [1.82, 2.24) is 0 Å². The summed E-state index contributed by atoms with van der Waals surface area (Å²) < 4.78 is 13.0. The molecule has 0 fully saturated rings. The number of rotatable bonds is 2. The van der Waals surface area contributed by atoms with Crippen LogP contribution >= 0.6 is 11.6 Å². The number of aromatic carboxylic acids is 1. The first-order valence-electron chi connectivity index (χ1n) is 5.01. The van der Waals surface area contributed by atoms with Crippen LogP contribution in [0.25, 0.3) is 11.1 Å². The van der Waals surface area contributed by atoms with E-state index in [-0.39, 0.29) is 16.3 Å². The summed E-state index contributed by atoms with van der Waals surface area (Å²) in [5.41, 5.74) is 0.893. The lowest BCUT2D eigenvalue weighted by Crippen LogP contribution is -1.97. The fourth-order valence-electron chi connectivity index (χ4n) is 1.56. The van der Waals surface area contributed by atoms with Gasteiger partial charge in [0, 0.05) is 0 Å². The van der Waals surface area contributed by atoms with E-state index >= 15 is 0 Å². The van der Waals surface area contributed by atoms with Crippen LogP contribution < -0.4 is 0 Å². The summed E-state index contributed by atoms with van der Waals surface area (Å²) in [7, 11) is 0. The lowest BCUT2D eigenvalue weighted by molar-refractivity contribution is 0.0694. The number of carbonyl (C=O) groups is 1. The van der Waals surface area contributed by atoms with Gasteiger partial charge >= 0.3 is 5.97 Å². The Morgan fingerprint density at radius 2 is 1.72 bits per heavy atom. The van der Waals surface area contributed by atoms with Gasteiger partial charge in [0.15, 0.2) is 0 Å². The van der Waals surface area contributed by atoms with Crippen molar-refractivity contribution in [3.8, 4) is 16.9 Å². The fraction of sp³-hybridized carbons (Fsp3) is 0. The van der Waals surface area contributed by atoms with Crippen molar-refractivity contribution in [3.63, 3.8) is 0 Å². The molecular weight excluding hydrogens is 259 g/mol. The van der Waals surface area contributed by atoms with Gasteiger partial charge in [-0.2, -0.15) is 0 Å². The number of benzene rings is 2. The van der Waals surface area contributed by atoms with Gasteiger partial charge < -0.3 is 10.2 Å². The second-order valence-electron chi connectivity index (χ2n) is 3.67. The predicted octanol–water partition coefficient (Wildman–Crippen LogP) is 3.55. The number of hydrogen-bond donors (Lipinski definition) is 2. The topological polar surface area (TPSA) is 57.5 Å². The zero-order chi connectivity index (χ0) is 13.3. The molecular formula is C13H8ClFO3. The monoisotopic (exact) mass is 266 g/mol. The molecule has 2 aromatic carbocycles. The first-order chi connectivity index (χ1) is 8.49. The highest BCUT2D eigenvalue weighted by atomic mass is 35.5. The maximum atomic E-state index is 13.0. The molecule has 5 heteroatoms. The van der Waals surface area contributed by atoms with Crippen LogP contribution in [0.15, 0.2) is 36.4 Å². The number of halogens is 2. The molecule has 92 valence electrons. The van der Waals surface area contributed by atoms with E-state index in [4.69, 9.17) is 16.7 Å². The molecule has 0 aliphatic carbocycles. The summed E-state index contributed by atoms with van der Waals surface area (Å²) in [5.74, 6) is -2.10. The molecule has 0 aromatic heterocycles. The highest BCUT2D eigenvalue weighted by Gasteiger charge is 2.11. The Morgan fingerprint density at radius 3 is 2.33 bits per heavy atom. The van der Waals surface area contributed by atoms with E-state index in [0.717, 1.165) is 0 Å². The smallest absolute Gasteiger partial charge is 0.339 e. The largest absolute Gasteiger partial charge is 0.507 e. The highest BCUT2D eigenvalue weighted by Crippen LogP contribution is 2.28. The number of carboxylic acids is 1. The predicted molar refractivity (Wildman–Crippen MR) is 65.5 cm³/mol. The quantitative estimate of drug-likeness (QED) is 0.874. The van der Waals surface area contributed by atoms with Gasteiger partial charge in [0.1, 0.15) is 17.1 Å². The van der Waals surface area contributed by atoms with Crippen LogP contribution in [-0.2, 0) is 0 Å². The molecule has 2 aromatic rings. The first-order valence-corrected chi connectivity index (χ1v) is 5.38. The molecule has 0 bridgehead atoms. The van der Waals surface area contributed by atoms with Gasteiger partial charge in [-0.25, -0.2) is 9.18 Å². The third-order valence-electron chi connectivity index (χ3n) is 2.48. The number of carboxylic acid groups (broad SMARTS) is 1. The van der Waals surface area contributed by atoms with Gasteiger partial charge in [-0.3, -0.25) is 0 Å². The zero-order valence-electron chi connectivity index (χ0n) is 9.02. The van der Waals surface area contributed by atoms with Crippen molar-refractivity contribution >= 4 is 17.6 Å². The second-order valence-corrected chi connectivity index (χ2v) is 4.07. The first kappa shape index (κ1) is 12.4. The van der Waals surface area contributed by atoms with Gasteiger partial charge in [0.05, 0.1) is 5.02 Å². The van der Waals surface area contributed by atoms with Gasteiger partial charge in [0.25, 0.3) is 0 Å². The lowest BCUT2D eigenvalue weighted by Gasteiger charge is -2.06. The van der Waals surface area contributed by atoms with E-state index in [1.807, 2.05) is 0 Å². The van der Waals surface area contributed by atoms with E-state index < -0.39 is 11.8 Å². The van der Waals surface area contributed by atoms with Crippen LogP contribution in [0.2, 0.25) is 5.02 Å². The third kappa shape index (κ3) is 2.28. The molecule has 0 heterocycles. The molecule has 0 unspecified atom stereocenters. The van der Waals surface area contributed by atoms with Crippen LogP contribution in [-0.4, -0.2) is 16.2 Å². The summed E-state index contributed by atoms with van der Waals surface area (Å²) in [5, 5.41) is 18.2. The molecule has 2 N–H and O–H groups in total. The summed E-state index contributed by atoms with van der Waals surface area (Å²) in [6.45, 7) is 0. The van der Waals surface area contributed by atoms with E-state index in [0.29, 0.717) is 11.1 Å². The molecule has 0 saturated carbocycles. The van der Waals surface area contributed by atoms with E-state index in [2.05, 4.69) is 0 Å². The molecule has 3 nitrogen and oxygen atoms in total. The minimum atomic E-state index is -1.23. The standard InChI is InChI=1S/C13H8ClFO3/c14-10-6-8(1-3-11(10)15)7-2-4-12(16)9(5-7)13(17)18/h1-6,16H,(H,17,18). The molecule has 18 heavy (non-hydrogen) atoms. The summed E-state index contributed by atoms with van der Waals surface area (Å²) in [6.07, 6.45) is 0. The Labute approximate surface area is 107 Å².